The zero-order valence-corrected chi connectivity index (χ0v) is 16.0. The molecule has 2 aromatic carbocycles. The molecule has 6 heteroatoms. The maximum atomic E-state index is 12.7. The second-order valence-electron chi connectivity index (χ2n) is 7.02. The van der Waals surface area contributed by atoms with Gasteiger partial charge in [0.25, 0.3) is 5.91 Å². The second kappa shape index (κ2) is 7.27. The lowest BCUT2D eigenvalue weighted by molar-refractivity contribution is -0.115. The summed E-state index contributed by atoms with van der Waals surface area (Å²) in [5.74, 6) is 1.50. The SMILES string of the molecule is COc1ccccc1C1(CNC(=O)c2ccc3c(c2)NC(=O)CCS3)CC1. The van der Waals surface area contributed by atoms with Crippen LogP contribution in [0.15, 0.2) is 47.4 Å². The van der Waals surface area contributed by atoms with Crippen molar-refractivity contribution in [3.8, 4) is 5.75 Å². The lowest BCUT2D eigenvalue weighted by atomic mass is 9.94. The van der Waals surface area contributed by atoms with Crippen molar-refractivity contribution < 1.29 is 14.3 Å². The minimum absolute atomic E-state index is 0.00749. The molecule has 140 valence electrons. The van der Waals surface area contributed by atoms with Gasteiger partial charge in [-0.3, -0.25) is 9.59 Å². The lowest BCUT2D eigenvalue weighted by Crippen LogP contribution is -2.32. The van der Waals surface area contributed by atoms with E-state index in [-0.39, 0.29) is 17.2 Å². The summed E-state index contributed by atoms with van der Waals surface area (Å²) in [7, 11) is 1.68. The minimum atomic E-state index is -0.123. The molecule has 2 amide bonds. The van der Waals surface area contributed by atoms with E-state index >= 15 is 0 Å². The molecular weight excluding hydrogens is 360 g/mol. The van der Waals surface area contributed by atoms with Gasteiger partial charge in [0.1, 0.15) is 5.75 Å². The molecule has 0 atom stereocenters. The number of thioether (sulfide) groups is 1. The standard InChI is InChI=1S/C21H22N2O3S/c1-26-17-5-3-2-4-15(17)21(9-10-21)13-22-20(25)14-6-7-18-16(12-14)23-19(24)8-11-27-18/h2-7,12H,8-11,13H2,1H3,(H,22,25)(H,23,24). The van der Waals surface area contributed by atoms with Crippen molar-refractivity contribution in [2.45, 2.75) is 29.6 Å². The predicted molar refractivity (Wildman–Crippen MR) is 107 cm³/mol. The zero-order chi connectivity index (χ0) is 18.9. The average Bonchev–Trinajstić information content (AvgIpc) is 3.49. The fourth-order valence-corrected chi connectivity index (χ4v) is 4.42. The highest BCUT2D eigenvalue weighted by molar-refractivity contribution is 7.99. The molecule has 1 fully saturated rings. The van der Waals surface area contributed by atoms with Crippen LogP contribution in [0.1, 0.15) is 35.2 Å². The highest BCUT2D eigenvalue weighted by Gasteiger charge is 2.46. The molecule has 4 rings (SSSR count). The number of carbonyl (C=O) groups excluding carboxylic acids is 2. The first kappa shape index (κ1) is 17.9. The van der Waals surface area contributed by atoms with Gasteiger partial charge in [0, 0.05) is 40.2 Å². The fourth-order valence-electron chi connectivity index (χ4n) is 3.49. The number of benzene rings is 2. The van der Waals surface area contributed by atoms with Crippen molar-refractivity contribution in [1.82, 2.24) is 5.32 Å². The molecule has 0 bridgehead atoms. The third-order valence-electron chi connectivity index (χ3n) is 5.22. The van der Waals surface area contributed by atoms with Gasteiger partial charge in [-0.1, -0.05) is 18.2 Å². The molecular formula is C21H22N2O3S. The predicted octanol–water partition coefficient (Wildman–Crippen LogP) is 3.59. The van der Waals surface area contributed by atoms with Crippen molar-refractivity contribution >= 4 is 29.3 Å². The first-order valence-corrected chi connectivity index (χ1v) is 10.1. The Hall–Kier alpha value is -2.47. The van der Waals surface area contributed by atoms with E-state index in [2.05, 4.69) is 16.7 Å². The number of para-hydroxylation sites is 1. The van der Waals surface area contributed by atoms with Crippen LogP contribution < -0.4 is 15.4 Å². The highest BCUT2D eigenvalue weighted by atomic mass is 32.2. The topological polar surface area (TPSA) is 67.4 Å². The Balaban J connectivity index is 1.48. The van der Waals surface area contributed by atoms with Gasteiger partial charge in [-0.2, -0.15) is 0 Å². The Labute approximate surface area is 162 Å². The minimum Gasteiger partial charge on any atom is -0.496 e. The summed E-state index contributed by atoms with van der Waals surface area (Å²) in [5.41, 5.74) is 2.39. The first-order valence-electron chi connectivity index (χ1n) is 9.10. The van der Waals surface area contributed by atoms with Gasteiger partial charge in [0.2, 0.25) is 5.91 Å². The van der Waals surface area contributed by atoms with Crippen LogP contribution in [-0.2, 0) is 10.2 Å². The molecule has 0 unspecified atom stereocenters. The maximum Gasteiger partial charge on any atom is 0.251 e. The van der Waals surface area contributed by atoms with Crippen molar-refractivity contribution in [2.75, 3.05) is 24.7 Å². The van der Waals surface area contributed by atoms with E-state index in [9.17, 15) is 9.59 Å². The van der Waals surface area contributed by atoms with Gasteiger partial charge in [0.15, 0.2) is 0 Å². The third kappa shape index (κ3) is 3.67. The van der Waals surface area contributed by atoms with Crippen molar-refractivity contribution in [2.24, 2.45) is 0 Å². The van der Waals surface area contributed by atoms with Gasteiger partial charge in [-0.15, -0.1) is 11.8 Å². The van der Waals surface area contributed by atoms with Gasteiger partial charge in [-0.05, 0) is 37.1 Å². The smallest absolute Gasteiger partial charge is 0.251 e. The van der Waals surface area contributed by atoms with Crippen LogP contribution in [0.3, 0.4) is 0 Å². The quantitative estimate of drug-likeness (QED) is 0.829. The number of fused-ring (bicyclic) bond motifs is 1. The molecule has 1 saturated carbocycles. The summed E-state index contributed by atoms with van der Waals surface area (Å²) in [4.78, 5) is 25.5. The van der Waals surface area contributed by atoms with Gasteiger partial charge in [0.05, 0.1) is 12.8 Å². The van der Waals surface area contributed by atoms with E-state index in [0.717, 1.165) is 40.5 Å². The van der Waals surface area contributed by atoms with Gasteiger partial charge < -0.3 is 15.4 Å². The van der Waals surface area contributed by atoms with Crippen LogP contribution in [0.4, 0.5) is 5.69 Å². The monoisotopic (exact) mass is 382 g/mol. The summed E-state index contributed by atoms with van der Waals surface area (Å²) < 4.78 is 5.49. The number of methoxy groups -OCH3 is 1. The largest absolute Gasteiger partial charge is 0.496 e. The van der Waals surface area contributed by atoms with Crippen LogP contribution >= 0.6 is 11.8 Å². The van der Waals surface area contributed by atoms with E-state index < -0.39 is 0 Å². The Morgan fingerprint density at radius 3 is 2.85 bits per heavy atom. The molecule has 1 heterocycles. The molecule has 1 aliphatic carbocycles. The Morgan fingerprint density at radius 1 is 1.26 bits per heavy atom. The van der Waals surface area contributed by atoms with E-state index in [1.165, 1.54) is 0 Å². The number of hydrogen-bond acceptors (Lipinski definition) is 4. The number of hydrogen-bond donors (Lipinski definition) is 2. The summed E-state index contributed by atoms with van der Waals surface area (Å²) in [6.45, 7) is 0.574. The molecule has 2 aliphatic rings. The molecule has 2 N–H and O–H groups in total. The van der Waals surface area contributed by atoms with Gasteiger partial charge >= 0.3 is 0 Å². The molecule has 0 spiro atoms. The van der Waals surface area contributed by atoms with Crippen LogP contribution in [0.2, 0.25) is 0 Å². The molecule has 0 saturated heterocycles. The Kier molecular flexibility index (Phi) is 4.83. The van der Waals surface area contributed by atoms with Gasteiger partial charge in [-0.25, -0.2) is 0 Å². The molecule has 0 radical (unpaired) electrons. The Bertz CT molecular complexity index is 893. The lowest BCUT2D eigenvalue weighted by Gasteiger charge is -2.19. The first-order chi connectivity index (χ1) is 13.1. The number of carbonyl (C=O) groups is 2. The Morgan fingerprint density at radius 2 is 2.07 bits per heavy atom. The number of nitrogens with one attached hydrogen (secondary N) is 2. The number of rotatable bonds is 5. The van der Waals surface area contributed by atoms with E-state index in [0.29, 0.717) is 18.5 Å². The normalized spacial score (nSPS) is 17.3. The van der Waals surface area contributed by atoms with Crippen LogP contribution in [0.25, 0.3) is 0 Å². The molecule has 0 aromatic heterocycles. The van der Waals surface area contributed by atoms with E-state index in [4.69, 9.17) is 4.74 Å². The summed E-state index contributed by atoms with van der Waals surface area (Å²) in [5, 5.41) is 5.96. The summed E-state index contributed by atoms with van der Waals surface area (Å²) in [6, 6.07) is 13.5. The van der Waals surface area contributed by atoms with Crippen LogP contribution in [0, 0.1) is 0 Å². The fraction of sp³-hybridized carbons (Fsp3) is 0.333. The zero-order valence-electron chi connectivity index (χ0n) is 15.2. The molecule has 27 heavy (non-hydrogen) atoms. The summed E-state index contributed by atoms with van der Waals surface area (Å²) >= 11 is 1.63. The van der Waals surface area contributed by atoms with E-state index in [1.54, 1.807) is 24.9 Å². The van der Waals surface area contributed by atoms with E-state index in [1.807, 2.05) is 30.3 Å². The average molecular weight is 382 g/mol. The number of anilines is 1. The third-order valence-corrected chi connectivity index (χ3v) is 6.30. The summed E-state index contributed by atoms with van der Waals surface area (Å²) in [6.07, 6.45) is 2.55. The van der Waals surface area contributed by atoms with Crippen molar-refractivity contribution in [3.63, 3.8) is 0 Å². The maximum absolute atomic E-state index is 12.7. The molecule has 2 aromatic rings. The number of ether oxygens (including phenoxy) is 1. The van der Waals surface area contributed by atoms with Crippen molar-refractivity contribution in [3.05, 3.63) is 53.6 Å². The highest BCUT2D eigenvalue weighted by Crippen LogP contribution is 2.50. The molecule has 1 aliphatic heterocycles. The van der Waals surface area contributed by atoms with Crippen LogP contribution in [-0.4, -0.2) is 31.2 Å². The second-order valence-corrected chi connectivity index (χ2v) is 8.16. The number of amides is 2. The van der Waals surface area contributed by atoms with Crippen LogP contribution in [0.5, 0.6) is 5.75 Å². The van der Waals surface area contributed by atoms with Crippen molar-refractivity contribution in [1.29, 1.82) is 0 Å². The molecule has 5 nitrogen and oxygen atoms in total.